The van der Waals surface area contributed by atoms with Crippen molar-refractivity contribution in [1.29, 1.82) is 0 Å². The molecule has 18 heavy (non-hydrogen) atoms. The quantitative estimate of drug-likeness (QED) is 0.834. The molecule has 5 heteroatoms. The first-order valence-electron chi connectivity index (χ1n) is 6.16. The van der Waals surface area contributed by atoms with Gasteiger partial charge >= 0.3 is 0 Å². The van der Waals surface area contributed by atoms with Crippen molar-refractivity contribution in [3.8, 4) is 5.88 Å². The van der Waals surface area contributed by atoms with Crippen molar-refractivity contribution in [2.75, 3.05) is 13.7 Å². The summed E-state index contributed by atoms with van der Waals surface area (Å²) in [4.78, 5) is 16.2. The van der Waals surface area contributed by atoms with Gasteiger partial charge in [-0.15, -0.1) is 0 Å². The molecule has 0 bridgehead atoms. The molecule has 5 nitrogen and oxygen atoms in total. The molecule has 98 valence electrons. The second-order valence-corrected chi connectivity index (χ2v) is 4.65. The van der Waals surface area contributed by atoms with Gasteiger partial charge in [0.1, 0.15) is 0 Å². The van der Waals surface area contributed by atoms with Crippen molar-refractivity contribution < 1.29 is 9.53 Å². The molecule has 1 aromatic heterocycles. The van der Waals surface area contributed by atoms with E-state index in [0.29, 0.717) is 17.5 Å². The van der Waals surface area contributed by atoms with Gasteiger partial charge in [0.25, 0.3) is 5.91 Å². The van der Waals surface area contributed by atoms with E-state index in [2.05, 4.69) is 22.5 Å². The summed E-state index contributed by atoms with van der Waals surface area (Å²) in [6.45, 7) is 4.92. The lowest BCUT2D eigenvalue weighted by atomic mass is 10.1. The summed E-state index contributed by atoms with van der Waals surface area (Å²) in [6.07, 6.45) is 2.53. The van der Waals surface area contributed by atoms with Crippen LogP contribution in [0.5, 0.6) is 5.88 Å². The summed E-state index contributed by atoms with van der Waals surface area (Å²) in [5.74, 6) is 0.461. The van der Waals surface area contributed by atoms with Crippen molar-refractivity contribution in [2.24, 2.45) is 0 Å². The highest BCUT2D eigenvalue weighted by atomic mass is 16.5. The molecule has 1 fully saturated rings. The number of carbonyl (C=O) groups excluding carboxylic acids is 1. The molecule has 1 amide bonds. The molecule has 2 heterocycles. The number of amides is 1. The fraction of sp³-hybridized carbons (Fsp3) is 0.538. The second-order valence-electron chi connectivity index (χ2n) is 4.65. The third-order valence-electron chi connectivity index (χ3n) is 3.38. The van der Waals surface area contributed by atoms with Gasteiger partial charge in [-0.05, 0) is 32.4 Å². The average Bonchev–Trinajstić information content (AvgIpc) is 2.74. The van der Waals surface area contributed by atoms with Gasteiger partial charge in [0.2, 0.25) is 5.88 Å². The summed E-state index contributed by atoms with van der Waals surface area (Å²) >= 11 is 0. The van der Waals surface area contributed by atoms with Gasteiger partial charge in [0, 0.05) is 24.3 Å². The highest BCUT2D eigenvalue weighted by Crippen LogP contribution is 2.14. The number of hydrogen-bond acceptors (Lipinski definition) is 4. The smallest absolute Gasteiger partial charge is 0.253 e. The van der Waals surface area contributed by atoms with Gasteiger partial charge in [-0.2, -0.15) is 0 Å². The number of nitrogens with zero attached hydrogens (tertiary/aromatic N) is 1. The third-order valence-corrected chi connectivity index (χ3v) is 3.38. The fourth-order valence-electron chi connectivity index (χ4n) is 2.18. The van der Waals surface area contributed by atoms with E-state index >= 15 is 0 Å². The molecule has 1 saturated heterocycles. The van der Waals surface area contributed by atoms with Crippen molar-refractivity contribution in [3.63, 3.8) is 0 Å². The predicted molar refractivity (Wildman–Crippen MR) is 68.9 cm³/mol. The molecule has 1 aromatic rings. The number of aromatic nitrogens is 1. The number of aryl methyl sites for hydroxylation is 1. The Morgan fingerprint density at radius 1 is 1.61 bits per heavy atom. The Hall–Kier alpha value is -1.62. The molecule has 0 saturated carbocycles. The fourth-order valence-corrected chi connectivity index (χ4v) is 2.18. The van der Waals surface area contributed by atoms with E-state index in [4.69, 9.17) is 4.74 Å². The molecule has 0 radical (unpaired) electrons. The van der Waals surface area contributed by atoms with Crippen LogP contribution >= 0.6 is 0 Å². The van der Waals surface area contributed by atoms with Crippen molar-refractivity contribution in [2.45, 2.75) is 32.4 Å². The lowest BCUT2D eigenvalue weighted by molar-refractivity contribution is 0.0933. The van der Waals surface area contributed by atoms with E-state index in [9.17, 15) is 4.79 Å². The molecule has 2 N–H and O–H groups in total. The number of pyridine rings is 1. The zero-order valence-electron chi connectivity index (χ0n) is 11.0. The van der Waals surface area contributed by atoms with Crippen LogP contribution < -0.4 is 15.4 Å². The SMILES string of the molecule is COc1cc(C)c(C(=O)N[C@@H]2CCN[C@H]2C)cn1. The number of carbonyl (C=O) groups is 1. The first-order valence-corrected chi connectivity index (χ1v) is 6.16. The monoisotopic (exact) mass is 249 g/mol. The molecular weight excluding hydrogens is 230 g/mol. The van der Waals surface area contributed by atoms with Crippen LogP contribution in [-0.2, 0) is 0 Å². The van der Waals surface area contributed by atoms with Crippen molar-refractivity contribution in [3.05, 3.63) is 23.4 Å². The van der Waals surface area contributed by atoms with Crippen LogP contribution in [0.1, 0.15) is 29.3 Å². The Morgan fingerprint density at radius 2 is 2.39 bits per heavy atom. The molecule has 1 aliphatic heterocycles. The maximum Gasteiger partial charge on any atom is 0.253 e. The van der Waals surface area contributed by atoms with E-state index in [1.807, 2.05) is 6.92 Å². The molecular formula is C13H19N3O2. The van der Waals surface area contributed by atoms with Crippen LogP contribution in [0.15, 0.2) is 12.3 Å². The highest BCUT2D eigenvalue weighted by Gasteiger charge is 2.25. The lowest BCUT2D eigenvalue weighted by Gasteiger charge is -2.17. The molecule has 2 rings (SSSR count). The third kappa shape index (κ3) is 2.61. The maximum absolute atomic E-state index is 12.1. The first-order chi connectivity index (χ1) is 8.61. The van der Waals surface area contributed by atoms with Crippen LogP contribution in [0.3, 0.4) is 0 Å². The van der Waals surface area contributed by atoms with E-state index in [1.54, 1.807) is 19.4 Å². The number of nitrogens with one attached hydrogen (secondary N) is 2. The van der Waals surface area contributed by atoms with E-state index in [0.717, 1.165) is 18.5 Å². The standard InChI is InChI=1S/C13H19N3O2/c1-8-6-12(18-3)15-7-10(8)13(17)16-11-4-5-14-9(11)2/h6-7,9,11,14H,4-5H2,1-3H3,(H,16,17)/t9-,11+/m0/s1. The molecule has 0 spiro atoms. The Kier molecular flexibility index (Phi) is 3.81. The van der Waals surface area contributed by atoms with Gasteiger partial charge in [-0.25, -0.2) is 4.98 Å². The Labute approximate surface area is 107 Å². The van der Waals surface area contributed by atoms with Gasteiger partial charge in [-0.1, -0.05) is 0 Å². The average molecular weight is 249 g/mol. The summed E-state index contributed by atoms with van der Waals surface area (Å²) < 4.78 is 5.03. The highest BCUT2D eigenvalue weighted by molar-refractivity contribution is 5.95. The number of hydrogen-bond donors (Lipinski definition) is 2. The van der Waals surface area contributed by atoms with Crippen LogP contribution in [-0.4, -0.2) is 36.6 Å². The van der Waals surface area contributed by atoms with Crippen LogP contribution in [0.25, 0.3) is 0 Å². The number of ether oxygens (including phenoxy) is 1. The van der Waals surface area contributed by atoms with Gasteiger partial charge < -0.3 is 15.4 Å². The normalized spacial score (nSPS) is 22.8. The second kappa shape index (κ2) is 5.35. The summed E-state index contributed by atoms with van der Waals surface area (Å²) in [5.41, 5.74) is 1.48. The zero-order chi connectivity index (χ0) is 13.1. The Bertz CT molecular complexity index is 448. The molecule has 1 aliphatic rings. The molecule has 0 aromatic carbocycles. The van der Waals surface area contributed by atoms with Gasteiger partial charge in [0.15, 0.2) is 0 Å². The molecule has 2 atom stereocenters. The van der Waals surface area contributed by atoms with Crippen LogP contribution in [0.4, 0.5) is 0 Å². The van der Waals surface area contributed by atoms with Crippen molar-refractivity contribution in [1.82, 2.24) is 15.6 Å². The van der Waals surface area contributed by atoms with E-state index in [-0.39, 0.29) is 11.9 Å². The van der Waals surface area contributed by atoms with E-state index in [1.165, 1.54) is 0 Å². The Balaban J connectivity index is 2.09. The predicted octanol–water partition coefficient (Wildman–Crippen LogP) is 0.879. The number of methoxy groups -OCH3 is 1. The lowest BCUT2D eigenvalue weighted by Crippen LogP contribution is -2.42. The first kappa shape index (κ1) is 12.8. The molecule has 0 aliphatic carbocycles. The number of rotatable bonds is 3. The summed E-state index contributed by atoms with van der Waals surface area (Å²) in [7, 11) is 1.56. The largest absolute Gasteiger partial charge is 0.481 e. The van der Waals surface area contributed by atoms with Gasteiger partial charge in [0.05, 0.1) is 12.7 Å². The minimum absolute atomic E-state index is 0.0665. The minimum Gasteiger partial charge on any atom is -0.481 e. The zero-order valence-corrected chi connectivity index (χ0v) is 11.0. The van der Waals surface area contributed by atoms with Gasteiger partial charge in [-0.3, -0.25) is 4.79 Å². The molecule has 0 unspecified atom stereocenters. The topological polar surface area (TPSA) is 63.2 Å². The summed E-state index contributed by atoms with van der Waals surface area (Å²) in [6, 6.07) is 2.28. The van der Waals surface area contributed by atoms with Crippen LogP contribution in [0.2, 0.25) is 0 Å². The maximum atomic E-state index is 12.1. The van der Waals surface area contributed by atoms with Crippen molar-refractivity contribution >= 4 is 5.91 Å². The Morgan fingerprint density at radius 3 is 2.94 bits per heavy atom. The van der Waals surface area contributed by atoms with Crippen LogP contribution in [0, 0.1) is 6.92 Å². The van der Waals surface area contributed by atoms with E-state index < -0.39 is 0 Å². The minimum atomic E-state index is -0.0665. The summed E-state index contributed by atoms with van der Waals surface area (Å²) in [5, 5.41) is 6.35.